The summed E-state index contributed by atoms with van der Waals surface area (Å²) in [6, 6.07) is 9.86. The monoisotopic (exact) mass is 312 g/mol. The molecule has 8 heteroatoms. The summed E-state index contributed by atoms with van der Waals surface area (Å²) in [6.07, 6.45) is 1.15. The third-order valence-electron chi connectivity index (χ3n) is 3.34. The first-order valence-corrected chi connectivity index (χ1v) is 6.78. The topological polar surface area (TPSA) is 104 Å². The van der Waals surface area contributed by atoms with Crippen LogP contribution in [-0.2, 0) is 6.54 Å². The molecule has 8 nitrogen and oxygen atoms in total. The molecule has 1 aromatic carbocycles. The van der Waals surface area contributed by atoms with Crippen LogP contribution in [0, 0.1) is 17.0 Å². The molecule has 0 bridgehead atoms. The summed E-state index contributed by atoms with van der Waals surface area (Å²) in [6.45, 7) is 1.90. The molecule has 0 aliphatic carbocycles. The number of aromatic nitrogens is 3. The fourth-order valence-electron chi connectivity index (χ4n) is 2.15. The lowest BCUT2D eigenvalue weighted by atomic mass is 10.1. The van der Waals surface area contributed by atoms with Crippen LogP contribution in [0.1, 0.15) is 11.5 Å². The molecule has 0 saturated heterocycles. The minimum Gasteiger partial charge on any atom is -0.337 e. The van der Waals surface area contributed by atoms with Crippen LogP contribution in [0.5, 0.6) is 0 Å². The van der Waals surface area contributed by atoms with Crippen LogP contribution in [-0.4, -0.2) is 19.6 Å². The Morgan fingerprint density at radius 1 is 1.26 bits per heavy atom. The lowest BCUT2D eigenvalue weighted by molar-refractivity contribution is -0.385. The highest BCUT2D eigenvalue weighted by Gasteiger charge is 2.13. The Morgan fingerprint density at radius 2 is 2.04 bits per heavy atom. The summed E-state index contributed by atoms with van der Waals surface area (Å²) in [7, 11) is 0. The van der Waals surface area contributed by atoms with Gasteiger partial charge in [0.2, 0.25) is 11.7 Å². The van der Waals surface area contributed by atoms with Gasteiger partial charge in [0.1, 0.15) is 6.54 Å². The van der Waals surface area contributed by atoms with Crippen molar-refractivity contribution >= 4 is 5.69 Å². The van der Waals surface area contributed by atoms with Crippen molar-refractivity contribution in [1.82, 2.24) is 14.7 Å². The van der Waals surface area contributed by atoms with Gasteiger partial charge in [0, 0.05) is 17.7 Å². The van der Waals surface area contributed by atoms with Crippen LogP contribution in [0.15, 0.2) is 51.9 Å². The molecule has 3 aromatic rings. The van der Waals surface area contributed by atoms with Gasteiger partial charge < -0.3 is 4.52 Å². The molecule has 0 N–H and O–H groups in total. The number of aryl methyl sites for hydroxylation is 1. The molecule has 0 fully saturated rings. The van der Waals surface area contributed by atoms with E-state index in [2.05, 4.69) is 10.1 Å². The second-order valence-electron chi connectivity index (χ2n) is 4.94. The molecular formula is C15H12N4O4. The highest BCUT2D eigenvalue weighted by atomic mass is 16.6. The number of nitrogens with zero attached hydrogens (tertiary/aromatic N) is 4. The Kier molecular flexibility index (Phi) is 3.71. The molecule has 0 spiro atoms. The fraction of sp³-hybridized carbons (Fsp3) is 0.133. The van der Waals surface area contributed by atoms with Gasteiger partial charge in [0.25, 0.3) is 11.2 Å². The maximum absolute atomic E-state index is 11.8. The van der Waals surface area contributed by atoms with E-state index in [4.69, 9.17) is 4.52 Å². The molecule has 23 heavy (non-hydrogen) atoms. The van der Waals surface area contributed by atoms with Gasteiger partial charge in [-0.15, -0.1) is 0 Å². The van der Waals surface area contributed by atoms with Gasteiger partial charge in [-0.3, -0.25) is 19.5 Å². The van der Waals surface area contributed by atoms with Gasteiger partial charge in [-0.25, -0.2) is 0 Å². The van der Waals surface area contributed by atoms with E-state index < -0.39 is 4.92 Å². The van der Waals surface area contributed by atoms with Crippen molar-refractivity contribution < 1.29 is 9.45 Å². The lowest BCUT2D eigenvalue weighted by Crippen LogP contribution is -2.19. The van der Waals surface area contributed by atoms with Crippen LogP contribution >= 0.6 is 0 Å². The van der Waals surface area contributed by atoms with Gasteiger partial charge in [0.05, 0.1) is 11.1 Å². The number of pyridine rings is 1. The molecule has 0 atom stereocenters. The van der Waals surface area contributed by atoms with E-state index >= 15 is 0 Å². The molecule has 0 amide bonds. The number of nitro groups is 1. The zero-order chi connectivity index (χ0) is 16.4. The second kappa shape index (κ2) is 5.84. The number of benzene rings is 1. The third kappa shape index (κ3) is 3.00. The van der Waals surface area contributed by atoms with Gasteiger partial charge in [0.15, 0.2) is 0 Å². The molecule has 0 aliphatic heterocycles. The summed E-state index contributed by atoms with van der Waals surface area (Å²) in [4.78, 5) is 26.2. The fourth-order valence-corrected chi connectivity index (χ4v) is 2.15. The average Bonchev–Trinajstić information content (AvgIpc) is 2.98. The number of rotatable bonds is 4. The molecule has 0 saturated carbocycles. The molecule has 0 unspecified atom stereocenters. The van der Waals surface area contributed by atoms with Crippen LogP contribution < -0.4 is 5.56 Å². The van der Waals surface area contributed by atoms with Crippen molar-refractivity contribution in [3.05, 3.63) is 74.5 Å². The highest BCUT2D eigenvalue weighted by Crippen LogP contribution is 2.20. The van der Waals surface area contributed by atoms with E-state index in [9.17, 15) is 14.9 Å². The van der Waals surface area contributed by atoms with Gasteiger partial charge in [-0.2, -0.15) is 4.98 Å². The summed E-state index contributed by atoms with van der Waals surface area (Å²) >= 11 is 0. The molecule has 0 radical (unpaired) electrons. The zero-order valence-electron chi connectivity index (χ0n) is 12.2. The Labute approximate surface area is 130 Å². The highest BCUT2D eigenvalue weighted by molar-refractivity contribution is 5.58. The summed E-state index contributed by atoms with van der Waals surface area (Å²) in [5.41, 5.74) is 1.26. The predicted octanol–water partition coefficient (Wildman–Crippen LogP) is 2.16. The predicted molar refractivity (Wildman–Crippen MR) is 80.9 cm³/mol. The average molecular weight is 312 g/mol. The van der Waals surface area contributed by atoms with E-state index in [1.54, 1.807) is 0 Å². The van der Waals surface area contributed by atoms with Crippen molar-refractivity contribution in [3.63, 3.8) is 0 Å². The maximum Gasteiger partial charge on any atom is 0.285 e. The van der Waals surface area contributed by atoms with Gasteiger partial charge >= 0.3 is 0 Å². The van der Waals surface area contributed by atoms with Crippen molar-refractivity contribution in [2.45, 2.75) is 13.5 Å². The quantitative estimate of drug-likeness (QED) is 0.540. The first-order chi connectivity index (χ1) is 11.0. The van der Waals surface area contributed by atoms with Gasteiger partial charge in [-0.1, -0.05) is 29.4 Å². The largest absolute Gasteiger partial charge is 0.337 e. The normalized spacial score (nSPS) is 10.7. The van der Waals surface area contributed by atoms with Crippen LogP contribution in [0.4, 0.5) is 5.69 Å². The molecule has 0 aliphatic rings. The first-order valence-electron chi connectivity index (χ1n) is 6.78. The number of hydrogen-bond donors (Lipinski definition) is 0. The van der Waals surface area contributed by atoms with Crippen LogP contribution in [0.2, 0.25) is 0 Å². The van der Waals surface area contributed by atoms with E-state index in [1.165, 1.54) is 0 Å². The first kappa shape index (κ1) is 14.6. The van der Waals surface area contributed by atoms with E-state index in [0.29, 0.717) is 5.82 Å². The Hall–Kier alpha value is -3.29. The van der Waals surface area contributed by atoms with E-state index in [0.717, 1.165) is 34.0 Å². The molecule has 2 aromatic heterocycles. The van der Waals surface area contributed by atoms with E-state index in [-0.39, 0.29) is 23.7 Å². The lowest BCUT2D eigenvalue weighted by Gasteiger charge is -2.01. The molecule has 3 rings (SSSR count). The Bertz CT molecular complexity index is 929. The van der Waals surface area contributed by atoms with Crippen molar-refractivity contribution in [3.8, 4) is 11.4 Å². The van der Waals surface area contributed by atoms with Crippen molar-refractivity contribution in [2.75, 3.05) is 0 Å². The van der Waals surface area contributed by atoms with Gasteiger partial charge in [-0.05, 0) is 12.5 Å². The maximum atomic E-state index is 11.8. The summed E-state index contributed by atoms with van der Waals surface area (Å²) in [5, 5.41) is 14.7. The molecule has 2 heterocycles. The van der Waals surface area contributed by atoms with Crippen molar-refractivity contribution in [2.24, 2.45) is 0 Å². The minimum absolute atomic E-state index is 0.0284. The van der Waals surface area contributed by atoms with Crippen LogP contribution in [0.3, 0.4) is 0 Å². The third-order valence-corrected chi connectivity index (χ3v) is 3.34. The summed E-state index contributed by atoms with van der Waals surface area (Å²) in [5.74, 6) is 0.613. The SMILES string of the molecule is Cc1ccccc1-c1noc(Cn2cc([N+](=O)[O-])ccc2=O)n1. The molecule has 116 valence electrons. The van der Waals surface area contributed by atoms with E-state index in [1.807, 2.05) is 31.2 Å². The standard InChI is InChI=1S/C15H12N4O4/c1-10-4-2-3-5-12(10)15-16-13(23-17-15)9-18-8-11(19(21)22)6-7-14(18)20/h2-8H,9H2,1H3. The van der Waals surface area contributed by atoms with Crippen LogP contribution in [0.25, 0.3) is 11.4 Å². The Morgan fingerprint density at radius 3 is 2.78 bits per heavy atom. The molecular weight excluding hydrogens is 300 g/mol. The Balaban J connectivity index is 1.91. The smallest absolute Gasteiger partial charge is 0.285 e. The minimum atomic E-state index is -0.567. The number of hydrogen-bond acceptors (Lipinski definition) is 6. The van der Waals surface area contributed by atoms with Crippen molar-refractivity contribution in [1.29, 1.82) is 0 Å². The second-order valence-corrected chi connectivity index (χ2v) is 4.94. The zero-order valence-corrected chi connectivity index (χ0v) is 12.2. The summed E-state index contributed by atoms with van der Waals surface area (Å²) < 4.78 is 6.30.